The largest absolute Gasteiger partial charge is 0.312 e. The molecule has 0 saturated heterocycles. The first kappa shape index (κ1) is 15.4. The fraction of sp³-hybridized carbons (Fsp3) is 0.692. The number of carbonyl (C=O) groups is 1. The van der Waals surface area contributed by atoms with E-state index in [0.717, 1.165) is 22.4 Å². The SMILES string of the molecule is Cc1nn(C)c(CC(=O)CCNC(C)(C)C)c1Br. The molecule has 1 aromatic heterocycles. The van der Waals surface area contributed by atoms with Crippen molar-refractivity contribution in [1.82, 2.24) is 15.1 Å². The van der Waals surface area contributed by atoms with Crippen LogP contribution in [0, 0.1) is 6.92 Å². The van der Waals surface area contributed by atoms with Crippen molar-refractivity contribution in [2.75, 3.05) is 6.54 Å². The summed E-state index contributed by atoms with van der Waals surface area (Å²) in [5.41, 5.74) is 1.94. The lowest BCUT2D eigenvalue weighted by molar-refractivity contribution is -0.118. The average molecular weight is 316 g/mol. The summed E-state index contributed by atoms with van der Waals surface area (Å²) in [6.45, 7) is 8.94. The number of hydrogen-bond acceptors (Lipinski definition) is 3. The van der Waals surface area contributed by atoms with E-state index in [2.05, 4.69) is 47.1 Å². The minimum absolute atomic E-state index is 0.0595. The summed E-state index contributed by atoms with van der Waals surface area (Å²) in [4.78, 5) is 11.9. The van der Waals surface area contributed by atoms with Crippen molar-refractivity contribution in [3.05, 3.63) is 15.9 Å². The molecule has 0 amide bonds. The van der Waals surface area contributed by atoms with E-state index in [9.17, 15) is 4.79 Å². The Bertz CT molecular complexity index is 432. The van der Waals surface area contributed by atoms with Crippen molar-refractivity contribution in [3.8, 4) is 0 Å². The van der Waals surface area contributed by atoms with Crippen molar-refractivity contribution in [1.29, 1.82) is 0 Å². The third-order valence-corrected chi connectivity index (χ3v) is 3.72. The highest BCUT2D eigenvalue weighted by molar-refractivity contribution is 9.10. The second-order valence-corrected chi connectivity index (χ2v) is 6.40. The summed E-state index contributed by atoms with van der Waals surface area (Å²) in [5.74, 6) is 0.232. The van der Waals surface area contributed by atoms with Gasteiger partial charge in [0.25, 0.3) is 0 Å². The standard InChI is InChI=1S/C13H22BrN3O/c1-9-12(14)11(17(5)16-9)8-10(18)6-7-15-13(2,3)4/h15H,6-8H2,1-5H3. The van der Waals surface area contributed by atoms with E-state index in [1.54, 1.807) is 4.68 Å². The molecule has 0 aliphatic rings. The quantitative estimate of drug-likeness (QED) is 0.907. The second-order valence-electron chi connectivity index (χ2n) is 5.61. The van der Waals surface area contributed by atoms with Crippen LogP contribution < -0.4 is 5.32 Å². The molecule has 0 aliphatic heterocycles. The Labute approximate surface area is 117 Å². The van der Waals surface area contributed by atoms with E-state index in [1.165, 1.54) is 0 Å². The van der Waals surface area contributed by atoms with Crippen LogP contribution in [0.5, 0.6) is 0 Å². The molecular formula is C13H22BrN3O. The number of carbonyl (C=O) groups excluding carboxylic acids is 1. The van der Waals surface area contributed by atoms with E-state index in [1.807, 2.05) is 14.0 Å². The molecule has 0 spiro atoms. The molecule has 0 radical (unpaired) electrons. The molecule has 5 heteroatoms. The lowest BCUT2D eigenvalue weighted by atomic mass is 10.1. The van der Waals surface area contributed by atoms with Crippen LogP contribution in [0.3, 0.4) is 0 Å². The molecular weight excluding hydrogens is 294 g/mol. The molecule has 1 rings (SSSR count). The Morgan fingerprint density at radius 2 is 2.06 bits per heavy atom. The Morgan fingerprint density at radius 3 is 2.50 bits per heavy atom. The van der Waals surface area contributed by atoms with Gasteiger partial charge in [-0.1, -0.05) is 0 Å². The molecule has 0 fully saturated rings. The Kier molecular flexibility index (Phi) is 5.10. The van der Waals surface area contributed by atoms with Gasteiger partial charge in [-0.2, -0.15) is 5.10 Å². The van der Waals surface area contributed by atoms with Crippen LogP contribution in [-0.4, -0.2) is 27.6 Å². The van der Waals surface area contributed by atoms with Crippen LogP contribution in [-0.2, 0) is 18.3 Å². The lowest BCUT2D eigenvalue weighted by Crippen LogP contribution is -2.37. The summed E-state index contributed by atoms with van der Waals surface area (Å²) >= 11 is 3.48. The molecule has 1 aromatic rings. The van der Waals surface area contributed by atoms with E-state index in [0.29, 0.717) is 12.8 Å². The zero-order valence-electron chi connectivity index (χ0n) is 11.8. The van der Waals surface area contributed by atoms with Crippen molar-refractivity contribution in [3.63, 3.8) is 0 Å². The van der Waals surface area contributed by atoms with Gasteiger partial charge in [-0.05, 0) is 43.6 Å². The summed E-state index contributed by atoms with van der Waals surface area (Å²) in [7, 11) is 1.87. The maximum atomic E-state index is 11.9. The van der Waals surface area contributed by atoms with Gasteiger partial charge in [0, 0.05) is 32.0 Å². The van der Waals surface area contributed by atoms with Crippen LogP contribution in [0.25, 0.3) is 0 Å². The first-order valence-corrected chi connectivity index (χ1v) is 6.94. The molecule has 0 unspecified atom stereocenters. The minimum atomic E-state index is 0.0595. The van der Waals surface area contributed by atoms with E-state index in [-0.39, 0.29) is 11.3 Å². The third-order valence-electron chi connectivity index (χ3n) is 2.69. The molecule has 0 atom stereocenters. The van der Waals surface area contributed by atoms with Gasteiger partial charge < -0.3 is 5.32 Å². The average Bonchev–Trinajstić information content (AvgIpc) is 2.43. The zero-order chi connectivity index (χ0) is 13.9. The second kappa shape index (κ2) is 5.97. The van der Waals surface area contributed by atoms with Crippen LogP contribution in [0.1, 0.15) is 38.6 Å². The molecule has 102 valence electrons. The first-order chi connectivity index (χ1) is 8.20. The van der Waals surface area contributed by atoms with Crippen LogP contribution in [0.4, 0.5) is 0 Å². The molecule has 18 heavy (non-hydrogen) atoms. The van der Waals surface area contributed by atoms with Gasteiger partial charge >= 0.3 is 0 Å². The number of ketones is 1. The lowest BCUT2D eigenvalue weighted by Gasteiger charge is -2.20. The van der Waals surface area contributed by atoms with Crippen LogP contribution in [0.2, 0.25) is 0 Å². The number of halogens is 1. The molecule has 1 N–H and O–H groups in total. The van der Waals surface area contributed by atoms with Crippen molar-refractivity contribution in [2.24, 2.45) is 7.05 Å². The Balaban J connectivity index is 2.50. The van der Waals surface area contributed by atoms with Crippen molar-refractivity contribution in [2.45, 2.75) is 46.1 Å². The van der Waals surface area contributed by atoms with Gasteiger partial charge in [0.2, 0.25) is 0 Å². The summed E-state index contributed by atoms with van der Waals surface area (Å²) in [6.07, 6.45) is 0.984. The number of rotatable bonds is 5. The summed E-state index contributed by atoms with van der Waals surface area (Å²) < 4.78 is 2.72. The highest BCUT2D eigenvalue weighted by Crippen LogP contribution is 2.20. The van der Waals surface area contributed by atoms with Crippen molar-refractivity contribution < 1.29 is 4.79 Å². The molecule has 1 heterocycles. The number of Topliss-reactive ketones (excluding diaryl/α,β-unsaturated/α-hetero) is 1. The highest BCUT2D eigenvalue weighted by Gasteiger charge is 2.15. The number of nitrogens with one attached hydrogen (secondary N) is 1. The van der Waals surface area contributed by atoms with Gasteiger partial charge in [-0.15, -0.1) is 0 Å². The van der Waals surface area contributed by atoms with Gasteiger partial charge in [0.05, 0.1) is 15.9 Å². The molecule has 0 bridgehead atoms. The maximum absolute atomic E-state index is 11.9. The third kappa shape index (κ3) is 4.53. The fourth-order valence-corrected chi connectivity index (χ4v) is 2.20. The topological polar surface area (TPSA) is 46.9 Å². The number of nitrogens with zero attached hydrogens (tertiary/aromatic N) is 2. The summed E-state index contributed by atoms with van der Waals surface area (Å²) in [6, 6.07) is 0. The highest BCUT2D eigenvalue weighted by atomic mass is 79.9. The number of aromatic nitrogens is 2. The number of hydrogen-bond donors (Lipinski definition) is 1. The Hall–Kier alpha value is -0.680. The fourth-order valence-electron chi connectivity index (χ4n) is 1.72. The smallest absolute Gasteiger partial charge is 0.140 e. The molecule has 0 aromatic carbocycles. The maximum Gasteiger partial charge on any atom is 0.140 e. The zero-order valence-corrected chi connectivity index (χ0v) is 13.4. The van der Waals surface area contributed by atoms with Crippen LogP contribution >= 0.6 is 15.9 Å². The van der Waals surface area contributed by atoms with E-state index >= 15 is 0 Å². The predicted octanol–water partition coefficient (Wildman–Crippen LogP) is 2.38. The Morgan fingerprint density at radius 1 is 1.44 bits per heavy atom. The molecule has 0 saturated carbocycles. The monoisotopic (exact) mass is 315 g/mol. The minimum Gasteiger partial charge on any atom is -0.312 e. The number of aryl methyl sites for hydroxylation is 2. The van der Waals surface area contributed by atoms with Crippen molar-refractivity contribution >= 4 is 21.7 Å². The first-order valence-electron chi connectivity index (χ1n) is 6.15. The van der Waals surface area contributed by atoms with Gasteiger partial charge in [0.1, 0.15) is 5.78 Å². The van der Waals surface area contributed by atoms with E-state index < -0.39 is 0 Å². The predicted molar refractivity (Wildman–Crippen MR) is 76.7 cm³/mol. The summed E-state index contributed by atoms with van der Waals surface area (Å²) in [5, 5.41) is 7.60. The molecule has 4 nitrogen and oxygen atoms in total. The van der Waals surface area contributed by atoms with Crippen LogP contribution in [0.15, 0.2) is 4.47 Å². The van der Waals surface area contributed by atoms with Gasteiger partial charge in [-0.25, -0.2) is 0 Å². The normalized spacial score (nSPS) is 11.9. The van der Waals surface area contributed by atoms with Gasteiger partial charge in [-0.3, -0.25) is 9.48 Å². The molecule has 0 aliphatic carbocycles. The van der Waals surface area contributed by atoms with E-state index in [4.69, 9.17) is 0 Å². The van der Waals surface area contributed by atoms with Gasteiger partial charge in [0.15, 0.2) is 0 Å².